The third kappa shape index (κ3) is 4.04. The summed E-state index contributed by atoms with van der Waals surface area (Å²) in [6.45, 7) is 5.96. The highest BCUT2D eigenvalue weighted by Crippen LogP contribution is 2.25. The quantitative estimate of drug-likeness (QED) is 0.680. The molecule has 1 aromatic heterocycles. The molecule has 0 radical (unpaired) electrons. The number of benzene rings is 2. The number of aromatic nitrogens is 1. The SMILES string of the molecule is Cc1ccc(C)c(NC(=O)CSc2nc3ccc(C)cc3cc2C#N)c1. The molecule has 3 aromatic rings. The summed E-state index contributed by atoms with van der Waals surface area (Å²) in [4.78, 5) is 16.9. The molecule has 26 heavy (non-hydrogen) atoms. The second-order valence-electron chi connectivity index (χ2n) is 6.30. The number of pyridine rings is 1. The summed E-state index contributed by atoms with van der Waals surface area (Å²) in [6.07, 6.45) is 0. The maximum absolute atomic E-state index is 12.3. The van der Waals surface area contributed by atoms with Crippen LogP contribution < -0.4 is 5.32 Å². The Balaban J connectivity index is 1.76. The van der Waals surface area contributed by atoms with E-state index in [-0.39, 0.29) is 11.7 Å². The van der Waals surface area contributed by atoms with E-state index in [0.717, 1.165) is 33.3 Å². The van der Waals surface area contributed by atoms with Crippen LogP contribution in [0.4, 0.5) is 5.69 Å². The first-order valence-electron chi connectivity index (χ1n) is 8.27. The van der Waals surface area contributed by atoms with Gasteiger partial charge in [0.25, 0.3) is 0 Å². The van der Waals surface area contributed by atoms with E-state index in [4.69, 9.17) is 0 Å². The lowest BCUT2D eigenvalue weighted by Gasteiger charge is -2.10. The normalized spacial score (nSPS) is 10.5. The van der Waals surface area contributed by atoms with Crippen LogP contribution in [-0.2, 0) is 4.79 Å². The summed E-state index contributed by atoms with van der Waals surface area (Å²) >= 11 is 1.28. The first-order valence-corrected chi connectivity index (χ1v) is 9.26. The molecule has 1 N–H and O–H groups in total. The fraction of sp³-hybridized carbons (Fsp3) is 0.190. The lowest BCUT2D eigenvalue weighted by Crippen LogP contribution is -2.15. The van der Waals surface area contributed by atoms with Crippen molar-refractivity contribution in [3.63, 3.8) is 0 Å². The van der Waals surface area contributed by atoms with Gasteiger partial charge in [-0.3, -0.25) is 4.79 Å². The van der Waals surface area contributed by atoms with Crippen LogP contribution in [-0.4, -0.2) is 16.6 Å². The number of hydrogen-bond acceptors (Lipinski definition) is 4. The van der Waals surface area contributed by atoms with Gasteiger partial charge in [0, 0.05) is 11.1 Å². The average Bonchev–Trinajstić information content (AvgIpc) is 2.62. The molecule has 0 saturated heterocycles. The van der Waals surface area contributed by atoms with Crippen molar-refractivity contribution in [3.05, 3.63) is 64.7 Å². The van der Waals surface area contributed by atoms with Crippen LogP contribution >= 0.6 is 11.8 Å². The number of amides is 1. The van der Waals surface area contributed by atoms with Crippen molar-refractivity contribution in [2.24, 2.45) is 0 Å². The number of nitriles is 1. The molecule has 3 rings (SSSR count). The van der Waals surface area contributed by atoms with E-state index in [0.29, 0.717) is 10.6 Å². The molecule has 0 aliphatic heterocycles. The minimum atomic E-state index is -0.113. The number of nitrogens with one attached hydrogen (secondary N) is 1. The third-order valence-electron chi connectivity index (χ3n) is 4.06. The molecular formula is C21H19N3OS. The number of carbonyl (C=O) groups is 1. The van der Waals surface area contributed by atoms with Gasteiger partial charge in [-0.15, -0.1) is 0 Å². The zero-order valence-corrected chi connectivity index (χ0v) is 15.8. The molecule has 2 aromatic carbocycles. The molecule has 0 aliphatic rings. The summed E-state index contributed by atoms with van der Waals surface area (Å²) in [5, 5.41) is 13.9. The molecular weight excluding hydrogens is 342 g/mol. The molecule has 0 aliphatic carbocycles. The highest BCUT2D eigenvalue weighted by Gasteiger charge is 2.11. The molecule has 0 atom stereocenters. The van der Waals surface area contributed by atoms with Gasteiger partial charge >= 0.3 is 0 Å². The fourth-order valence-electron chi connectivity index (χ4n) is 2.66. The minimum absolute atomic E-state index is 0.113. The smallest absolute Gasteiger partial charge is 0.234 e. The molecule has 4 nitrogen and oxygen atoms in total. The van der Waals surface area contributed by atoms with Gasteiger partial charge in [-0.1, -0.05) is 35.5 Å². The van der Waals surface area contributed by atoms with E-state index in [2.05, 4.69) is 16.4 Å². The maximum Gasteiger partial charge on any atom is 0.234 e. The Morgan fingerprint density at radius 1 is 1.12 bits per heavy atom. The number of fused-ring (bicyclic) bond motifs is 1. The Labute approximate surface area is 157 Å². The van der Waals surface area contributed by atoms with E-state index >= 15 is 0 Å². The Hall–Kier alpha value is -2.84. The summed E-state index contributed by atoms with van der Waals surface area (Å²) in [7, 11) is 0. The van der Waals surface area contributed by atoms with Crippen molar-refractivity contribution < 1.29 is 4.79 Å². The summed E-state index contributed by atoms with van der Waals surface area (Å²) in [5.41, 5.74) is 5.37. The van der Waals surface area contributed by atoms with Gasteiger partial charge in [0.05, 0.1) is 16.8 Å². The van der Waals surface area contributed by atoms with Gasteiger partial charge in [0.15, 0.2) is 0 Å². The van der Waals surface area contributed by atoms with Crippen molar-refractivity contribution in [1.82, 2.24) is 4.98 Å². The molecule has 0 spiro atoms. The highest BCUT2D eigenvalue weighted by molar-refractivity contribution is 8.00. The summed E-state index contributed by atoms with van der Waals surface area (Å²) in [5.74, 6) is 0.0882. The van der Waals surface area contributed by atoms with E-state index in [1.807, 2.05) is 63.2 Å². The number of nitrogens with zero attached hydrogens (tertiary/aromatic N) is 2. The standard InChI is InChI=1S/C21H19N3OS/c1-13-5-7-18-16(8-13)10-17(11-22)21(24-18)26-12-20(25)23-19-9-14(2)4-6-15(19)3/h4-10H,12H2,1-3H3,(H,23,25). The zero-order valence-electron chi connectivity index (χ0n) is 15.0. The Bertz CT molecular complexity index is 1040. The number of hydrogen-bond donors (Lipinski definition) is 1. The number of rotatable bonds is 4. The first-order chi connectivity index (χ1) is 12.5. The topological polar surface area (TPSA) is 65.8 Å². The van der Waals surface area contributed by atoms with Gasteiger partial charge in [-0.25, -0.2) is 4.98 Å². The van der Waals surface area contributed by atoms with Crippen molar-refractivity contribution in [2.45, 2.75) is 25.8 Å². The van der Waals surface area contributed by atoms with Gasteiger partial charge < -0.3 is 5.32 Å². The predicted molar refractivity (Wildman–Crippen MR) is 106 cm³/mol. The predicted octanol–water partition coefficient (Wildman–Crippen LogP) is 4.76. The zero-order chi connectivity index (χ0) is 18.7. The van der Waals surface area contributed by atoms with Gasteiger partial charge in [-0.05, 0) is 56.2 Å². The number of thioether (sulfide) groups is 1. The molecule has 1 amide bonds. The summed E-state index contributed by atoms with van der Waals surface area (Å²) in [6, 6.07) is 15.9. The number of carbonyl (C=O) groups excluding carboxylic acids is 1. The van der Waals surface area contributed by atoms with Crippen LogP contribution in [0.3, 0.4) is 0 Å². The number of aryl methyl sites for hydroxylation is 3. The Morgan fingerprint density at radius 2 is 1.85 bits per heavy atom. The van der Waals surface area contributed by atoms with E-state index in [9.17, 15) is 10.1 Å². The van der Waals surface area contributed by atoms with E-state index in [1.54, 1.807) is 0 Å². The van der Waals surface area contributed by atoms with Gasteiger partial charge in [-0.2, -0.15) is 5.26 Å². The lowest BCUT2D eigenvalue weighted by molar-refractivity contribution is -0.113. The van der Waals surface area contributed by atoms with E-state index in [1.165, 1.54) is 11.8 Å². The first kappa shape index (κ1) is 18.0. The average molecular weight is 361 g/mol. The minimum Gasteiger partial charge on any atom is -0.325 e. The molecule has 5 heteroatoms. The molecule has 130 valence electrons. The van der Waals surface area contributed by atoms with Gasteiger partial charge in [0.1, 0.15) is 11.1 Å². The van der Waals surface area contributed by atoms with E-state index < -0.39 is 0 Å². The molecule has 0 bridgehead atoms. The van der Waals surface area contributed by atoms with Crippen LogP contribution in [0, 0.1) is 32.1 Å². The molecule has 0 saturated carbocycles. The van der Waals surface area contributed by atoms with Gasteiger partial charge in [0.2, 0.25) is 5.91 Å². The second-order valence-corrected chi connectivity index (χ2v) is 7.27. The maximum atomic E-state index is 12.3. The fourth-order valence-corrected chi connectivity index (χ4v) is 3.42. The largest absolute Gasteiger partial charge is 0.325 e. The van der Waals surface area contributed by atoms with Crippen molar-refractivity contribution >= 4 is 34.3 Å². The highest BCUT2D eigenvalue weighted by atomic mass is 32.2. The summed E-state index contributed by atoms with van der Waals surface area (Å²) < 4.78 is 0. The van der Waals surface area contributed by atoms with Crippen molar-refractivity contribution in [3.8, 4) is 6.07 Å². The third-order valence-corrected chi connectivity index (χ3v) is 5.05. The van der Waals surface area contributed by atoms with Crippen LogP contribution in [0.2, 0.25) is 0 Å². The lowest BCUT2D eigenvalue weighted by atomic mass is 10.1. The number of anilines is 1. The Kier molecular flexibility index (Phi) is 5.24. The van der Waals surface area contributed by atoms with Crippen LogP contribution in [0.5, 0.6) is 0 Å². The molecule has 0 unspecified atom stereocenters. The van der Waals surface area contributed by atoms with Crippen LogP contribution in [0.25, 0.3) is 10.9 Å². The van der Waals surface area contributed by atoms with Crippen LogP contribution in [0.15, 0.2) is 47.5 Å². The van der Waals surface area contributed by atoms with Crippen LogP contribution in [0.1, 0.15) is 22.3 Å². The van der Waals surface area contributed by atoms with Crippen molar-refractivity contribution in [1.29, 1.82) is 5.26 Å². The van der Waals surface area contributed by atoms with Crippen molar-refractivity contribution in [2.75, 3.05) is 11.1 Å². The Morgan fingerprint density at radius 3 is 2.62 bits per heavy atom. The second kappa shape index (κ2) is 7.59. The molecule has 0 fully saturated rings. The molecule has 1 heterocycles. The monoisotopic (exact) mass is 361 g/mol.